The van der Waals surface area contributed by atoms with Crippen LogP contribution in [0.1, 0.15) is 12.0 Å². The van der Waals surface area contributed by atoms with E-state index < -0.39 is 17.9 Å². The summed E-state index contributed by atoms with van der Waals surface area (Å²) in [5.41, 5.74) is 0.835. The van der Waals surface area contributed by atoms with Crippen molar-refractivity contribution in [2.45, 2.75) is 12.5 Å². The van der Waals surface area contributed by atoms with Crippen LogP contribution >= 0.6 is 15.9 Å². The van der Waals surface area contributed by atoms with Gasteiger partial charge in [0.2, 0.25) is 5.91 Å². The molecular formula is C14H12BrNO3. The zero-order chi connectivity index (χ0) is 14.3. The van der Waals surface area contributed by atoms with Crippen molar-refractivity contribution in [1.82, 2.24) is 5.32 Å². The molecule has 2 N–H and O–H groups in total. The summed E-state index contributed by atoms with van der Waals surface area (Å²) in [5.74, 6) is 0.565. The number of hydrogen-bond donors (Lipinski definition) is 2. The Morgan fingerprint density at radius 3 is 2.58 bits per heavy atom. The molecule has 1 rings (SSSR count). The summed E-state index contributed by atoms with van der Waals surface area (Å²) < 4.78 is 0.939. The van der Waals surface area contributed by atoms with Crippen molar-refractivity contribution in [3.63, 3.8) is 0 Å². The van der Waals surface area contributed by atoms with Crippen LogP contribution in [-0.4, -0.2) is 23.0 Å². The van der Waals surface area contributed by atoms with Crippen LogP contribution in [0.15, 0.2) is 34.8 Å². The Morgan fingerprint density at radius 1 is 1.42 bits per heavy atom. The quantitative estimate of drug-likeness (QED) is 0.644. The van der Waals surface area contributed by atoms with Gasteiger partial charge in [0.15, 0.2) is 0 Å². The number of carbonyl (C=O) groups is 2. The Morgan fingerprint density at radius 2 is 2.05 bits per heavy atom. The van der Waals surface area contributed by atoms with Gasteiger partial charge in [-0.1, -0.05) is 28.1 Å². The summed E-state index contributed by atoms with van der Waals surface area (Å²) in [5, 5.41) is 11.2. The average molecular weight is 322 g/mol. The maximum absolute atomic E-state index is 11.5. The Kier molecular flexibility index (Phi) is 5.83. The minimum Gasteiger partial charge on any atom is -0.480 e. The van der Waals surface area contributed by atoms with Gasteiger partial charge in [-0.25, -0.2) is 4.79 Å². The van der Waals surface area contributed by atoms with Crippen molar-refractivity contribution in [3.8, 4) is 12.3 Å². The van der Waals surface area contributed by atoms with Crippen LogP contribution in [0.3, 0.4) is 0 Å². The van der Waals surface area contributed by atoms with Gasteiger partial charge in [-0.15, -0.1) is 12.3 Å². The van der Waals surface area contributed by atoms with Gasteiger partial charge in [-0.05, 0) is 23.8 Å². The summed E-state index contributed by atoms with van der Waals surface area (Å²) >= 11 is 3.30. The summed E-state index contributed by atoms with van der Waals surface area (Å²) in [6.45, 7) is 0. The summed E-state index contributed by atoms with van der Waals surface area (Å²) in [6.07, 6.45) is 7.85. The highest BCUT2D eigenvalue weighted by atomic mass is 79.9. The molecule has 0 aliphatic rings. The fraction of sp³-hybridized carbons (Fsp3) is 0.143. The first-order chi connectivity index (χ1) is 9.02. The van der Waals surface area contributed by atoms with Gasteiger partial charge in [-0.2, -0.15) is 0 Å². The predicted molar refractivity (Wildman–Crippen MR) is 76.2 cm³/mol. The third-order valence-electron chi connectivity index (χ3n) is 2.23. The predicted octanol–water partition coefficient (Wildman–Crippen LogP) is 2.05. The molecule has 1 aromatic rings. The van der Waals surface area contributed by atoms with Gasteiger partial charge in [0, 0.05) is 17.0 Å². The van der Waals surface area contributed by atoms with Gasteiger partial charge >= 0.3 is 5.97 Å². The Bertz CT molecular complexity index is 529. The van der Waals surface area contributed by atoms with E-state index >= 15 is 0 Å². The summed E-state index contributed by atoms with van der Waals surface area (Å²) in [6, 6.07) is 6.27. The van der Waals surface area contributed by atoms with E-state index in [2.05, 4.69) is 27.2 Å². The van der Waals surface area contributed by atoms with E-state index in [0.717, 1.165) is 10.0 Å². The number of nitrogens with one attached hydrogen (secondary N) is 1. The van der Waals surface area contributed by atoms with Crippen LogP contribution in [0, 0.1) is 12.3 Å². The first-order valence-corrected chi connectivity index (χ1v) is 6.22. The number of hydrogen-bond acceptors (Lipinski definition) is 2. The minimum absolute atomic E-state index is 0.0484. The minimum atomic E-state index is -1.15. The van der Waals surface area contributed by atoms with Crippen LogP contribution in [0.4, 0.5) is 0 Å². The number of carboxylic acid groups (broad SMARTS) is 1. The number of terminal acetylenes is 1. The topological polar surface area (TPSA) is 66.4 Å². The first kappa shape index (κ1) is 15.0. The standard InChI is InChI=1S/C14H12BrNO3/c1-2-3-12(14(18)19)16-13(17)9-6-10-4-7-11(15)8-5-10/h1,4-9,12H,3H2,(H,16,17)(H,18,19)/b9-6+. The number of aliphatic carboxylic acids is 1. The smallest absolute Gasteiger partial charge is 0.327 e. The molecule has 5 heteroatoms. The van der Waals surface area contributed by atoms with E-state index in [9.17, 15) is 9.59 Å². The maximum Gasteiger partial charge on any atom is 0.327 e. The number of carboxylic acids is 1. The van der Waals surface area contributed by atoms with Crippen molar-refractivity contribution < 1.29 is 14.7 Å². The van der Waals surface area contributed by atoms with E-state index in [1.165, 1.54) is 6.08 Å². The highest BCUT2D eigenvalue weighted by molar-refractivity contribution is 9.10. The van der Waals surface area contributed by atoms with E-state index in [0.29, 0.717) is 0 Å². The lowest BCUT2D eigenvalue weighted by atomic mass is 10.2. The van der Waals surface area contributed by atoms with Gasteiger partial charge in [0.25, 0.3) is 0 Å². The second kappa shape index (κ2) is 7.39. The Labute approximate surface area is 119 Å². The second-order valence-corrected chi connectivity index (χ2v) is 4.61. The van der Waals surface area contributed by atoms with Gasteiger partial charge in [0.05, 0.1) is 0 Å². The SMILES string of the molecule is C#CCC(NC(=O)/C=C/c1ccc(Br)cc1)C(=O)O. The highest BCUT2D eigenvalue weighted by Gasteiger charge is 2.17. The zero-order valence-electron chi connectivity index (χ0n) is 9.97. The first-order valence-electron chi connectivity index (χ1n) is 5.43. The number of halogens is 1. The number of benzene rings is 1. The Hall–Kier alpha value is -2.06. The summed E-state index contributed by atoms with van der Waals surface area (Å²) in [4.78, 5) is 22.3. The molecule has 0 saturated carbocycles. The molecule has 0 bridgehead atoms. The lowest BCUT2D eigenvalue weighted by Gasteiger charge is -2.09. The molecule has 0 spiro atoms. The van der Waals surface area contributed by atoms with E-state index in [4.69, 9.17) is 11.5 Å². The molecule has 1 atom stereocenters. The van der Waals surface area contributed by atoms with E-state index in [-0.39, 0.29) is 6.42 Å². The maximum atomic E-state index is 11.5. The molecule has 19 heavy (non-hydrogen) atoms. The second-order valence-electron chi connectivity index (χ2n) is 3.69. The van der Waals surface area contributed by atoms with Crippen molar-refractivity contribution in [3.05, 3.63) is 40.4 Å². The van der Waals surface area contributed by atoms with Gasteiger partial charge < -0.3 is 10.4 Å². The largest absolute Gasteiger partial charge is 0.480 e. The average Bonchev–Trinajstić information content (AvgIpc) is 2.37. The van der Waals surface area contributed by atoms with Crippen LogP contribution < -0.4 is 5.32 Å². The van der Waals surface area contributed by atoms with E-state index in [1.807, 2.05) is 24.3 Å². The molecule has 1 amide bonds. The molecule has 1 unspecified atom stereocenters. The summed E-state index contributed by atoms with van der Waals surface area (Å²) in [7, 11) is 0. The lowest BCUT2D eigenvalue weighted by molar-refractivity contribution is -0.141. The number of amides is 1. The zero-order valence-corrected chi connectivity index (χ0v) is 11.6. The van der Waals surface area contributed by atoms with Gasteiger partial charge in [0.1, 0.15) is 6.04 Å². The molecule has 0 aliphatic carbocycles. The van der Waals surface area contributed by atoms with Crippen molar-refractivity contribution >= 4 is 33.9 Å². The van der Waals surface area contributed by atoms with Crippen LogP contribution in [0.25, 0.3) is 6.08 Å². The van der Waals surface area contributed by atoms with Crippen molar-refractivity contribution in [2.24, 2.45) is 0 Å². The molecule has 4 nitrogen and oxygen atoms in total. The third kappa shape index (κ3) is 5.40. The lowest BCUT2D eigenvalue weighted by Crippen LogP contribution is -2.39. The molecule has 0 aliphatic heterocycles. The highest BCUT2D eigenvalue weighted by Crippen LogP contribution is 2.11. The molecule has 0 fully saturated rings. The van der Waals surface area contributed by atoms with Crippen LogP contribution in [0.2, 0.25) is 0 Å². The normalized spacial score (nSPS) is 11.8. The van der Waals surface area contributed by atoms with Crippen LogP contribution in [-0.2, 0) is 9.59 Å². The molecular weight excluding hydrogens is 310 g/mol. The van der Waals surface area contributed by atoms with Gasteiger partial charge in [-0.3, -0.25) is 4.79 Å². The molecule has 0 heterocycles. The fourth-order valence-corrected chi connectivity index (χ4v) is 1.55. The molecule has 0 radical (unpaired) electrons. The van der Waals surface area contributed by atoms with Crippen molar-refractivity contribution in [1.29, 1.82) is 0 Å². The van der Waals surface area contributed by atoms with Crippen LogP contribution in [0.5, 0.6) is 0 Å². The fourth-order valence-electron chi connectivity index (χ4n) is 1.28. The van der Waals surface area contributed by atoms with Crippen molar-refractivity contribution in [2.75, 3.05) is 0 Å². The van der Waals surface area contributed by atoms with E-state index in [1.54, 1.807) is 6.08 Å². The monoisotopic (exact) mass is 321 g/mol. The molecule has 98 valence electrons. The molecule has 0 saturated heterocycles. The third-order valence-corrected chi connectivity index (χ3v) is 2.76. The molecule has 0 aromatic heterocycles. The number of carbonyl (C=O) groups excluding carboxylic acids is 1. The Balaban J connectivity index is 2.61. The molecule has 1 aromatic carbocycles. The number of rotatable bonds is 5.